The van der Waals surface area contributed by atoms with Gasteiger partial charge in [0.05, 0.1) is 14.2 Å². The number of ether oxygens (including phenoxy) is 1. The molecule has 0 spiro atoms. The predicted octanol–water partition coefficient (Wildman–Crippen LogP) is -0.765. The number of hydrogen-bond acceptors (Lipinski definition) is 2. The number of quaternary nitrogens is 1. The van der Waals surface area contributed by atoms with Gasteiger partial charge in [0.2, 0.25) is 0 Å². The summed E-state index contributed by atoms with van der Waals surface area (Å²) in [6.45, 7) is 0. The van der Waals surface area contributed by atoms with E-state index in [4.69, 9.17) is 5.84 Å². The van der Waals surface area contributed by atoms with Gasteiger partial charge in [-0.1, -0.05) is 0 Å². The summed E-state index contributed by atoms with van der Waals surface area (Å²) < 4.78 is 4.15. The van der Waals surface area contributed by atoms with E-state index in [1.807, 2.05) is 0 Å². The third-order valence-electron chi connectivity index (χ3n) is 0.492. The molecular weight excluding hydrogens is 96.0 g/mol. The van der Waals surface area contributed by atoms with Crippen LogP contribution in [0.1, 0.15) is 0 Å². The topological polar surface area (TPSA) is 54.5 Å². The van der Waals surface area contributed by atoms with Crippen molar-refractivity contribution in [3.63, 3.8) is 0 Å². The molecule has 0 heterocycles. The van der Waals surface area contributed by atoms with Crippen LogP contribution in [0.15, 0.2) is 0 Å². The number of amides is 1. The van der Waals surface area contributed by atoms with Crippen molar-refractivity contribution < 1.29 is 14.5 Å². The standard InChI is InChI=1S/C3H8N2O2/c1-5(4)3(6)7-2/h4-5H,1-2H3. The fraction of sp³-hybridized carbons (Fsp3) is 0.667. The maximum Gasteiger partial charge on any atom is 0.504 e. The Bertz CT molecular complexity index is 71.3. The molecule has 0 aliphatic carbocycles. The van der Waals surface area contributed by atoms with Crippen molar-refractivity contribution in [2.75, 3.05) is 14.2 Å². The molecule has 0 aromatic heterocycles. The summed E-state index contributed by atoms with van der Waals surface area (Å²) in [5.74, 6) is 6.63. The predicted molar refractivity (Wildman–Crippen MR) is 23.6 cm³/mol. The van der Waals surface area contributed by atoms with Crippen molar-refractivity contribution in [1.29, 1.82) is 0 Å². The van der Waals surface area contributed by atoms with E-state index in [-0.39, 0.29) is 5.01 Å². The first-order valence-corrected chi connectivity index (χ1v) is 1.82. The first-order valence-electron chi connectivity index (χ1n) is 1.82. The van der Waals surface area contributed by atoms with Crippen LogP contribution in [0.3, 0.4) is 0 Å². The molecule has 0 bridgehead atoms. The van der Waals surface area contributed by atoms with Crippen molar-refractivity contribution in [2.45, 2.75) is 0 Å². The van der Waals surface area contributed by atoms with Gasteiger partial charge in [-0.3, -0.25) is 0 Å². The van der Waals surface area contributed by atoms with E-state index >= 15 is 0 Å². The lowest BCUT2D eigenvalue weighted by molar-refractivity contribution is -0.744. The second-order valence-corrected chi connectivity index (χ2v) is 1.12. The van der Waals surface area contributed by atoms with Gasteiger partial charge >= 0.3 is 6.09 Å². The molecule has 1 amide bonds. The lowest BCUT2D eigenvalue weighted by Gasteiger charge is -2.07. The summed E-state index contributed by atoms with van der Waals surface area (Å²) in [6.07, 6.45) is -0.569. The minimum Gasteiger partial charge on any atom is -0.459 e. The lowest BCUT2D eigenvalue weighted by Crippen LogP contribution is -3.05. The highest BCUT2D eigenvalue weighted by atomic mass is 16.5. The normalized spacial score (nSPS) is 13.0. The molecule has 4 heteroatoms. The molecule has 0 aliphatic heterocycles. The van der Waals surface area contributed by atoms with E-state index in [2.05, 4.69) is 4.74 Å². The zero-order valence-corrected chi connectivity index (χ0v) is 4.32. The Hall–Kier alpha value is -0.610. The van der Waals surface area contributed by atoms with Gasteiger partial charge in [0, 0.05) is 0 Å². The zero-order valence-electron chi connectivity index (χ0n) is 4.32. The van der Waals surface area contributed by atoms with Crippen molar-refractivity contribution in [2.24, 2.45) is 0 Å². The molecule has 2 N–H and O–H groups in total. The van der Waals surface area contributed by atoms with Gasteiger partial charge in [0.15, 0.2) is 0 Å². The van der Waals surface area contributed by atoms with Crippen molar-refractivity contribution >= 4 is 6.09 Å². The van der Waals surface area contributed by atoms with Crippen LogP contribution in [0, 0.1) is 0 Å². The van der Waals surface area contributed by atoms with E-state index in [9.17, 15) is 4.79 Å². The SMILES string of the molecule is COC(=O)[NH+](C)[NH-]. The first-order chi connectivity index (χ1) is 3.18. The molecule has 0 radical (unpaired) electrons. The summed E-state index contributed by atoms with van der Waals surface area (Å²) in [5, 5.41) is -0.0671. The number of alkyl carbamates (subject to hydrolysis) is 1. The smallest absolute Gasteiger partial charge is 0.459 e. The van der Waals surface area contributed by atoms with E-state index in [1.54, 1.807) is 0 Å². The summed E-state index contributed by atoms with van der Waals surface area (Å²) in [7, 11) is 2.63. The average Bonchev–Trinajstić information content (AvgIpc) is 1.65. The average molecular weight is 104 g/mol. The highest BCUT2D eigenvalue weighted by Gasteiger charge is 1.99. The van der Waals surface area contributed by atoms with E-state index in [1.165, 1.54) is 14.2 Å². The second kappa shape index (κ2) is 2.54. The van der Waals surface area contributed by atoms with Gasteiger partial charge in [0.25, 0.3) is 0 Å². The molecule has 7 heavy (non-hydrogen) atoms. The molecule has 0 rings (SSSR count). The van der Waals surface area contributed by atoms with Crippen molar-refractivity contribution in [3.05, 3.63) is 5.84 Å². The first kappa shape index (κ1) is 6.39. The van der Waals surface area contributed by atoms with Gasteiger partial charge in [-0.15, -0.1) is 0 Å². The third-order valence-corrected chi connectivity index (χ3v) is 0.492. The van der Waals surface area contributed by atoms with Crippen LogP contribution in [0.25, 0.3) is 5.84 Å². The summed E-state index contributed by atoms with van der Waals surface area (Å²) in [6, 6.07) is 0. The Morgan fingerprint density at radius 2 is 2.29 bits per heavy atom. The number of hydrogen-bond donors (Lipinski definition) is 1. The molecule has 0 aliphatic rings. The van der Waals surface area contributed by atoms with Gasteiger partial charge in [-0.2, -0.15) is 4.79 Å². The molecule has 0 saturated heterocycles. The highest BCUT2D eigenvalue weighted by molar-refractivity contribution is 5.56. The molecule has 1 atom stereocenters. The van der Waals surface area contributed by atoms with Crippen LogP contribution < -0.4 is 5.01 Å². The van der Waals surface area contributed by atoms with Crippen LogP contribution in [-0.2, 0) is 4.74 Å². The highest BCUT2D eigenvalue weighted by Crippen LogP contribution is 1.57. The van der Waals surface area contributed by atoms with Crippen LogP contribution in [0.4, 0.5) is 4.79 Å². The molecule has 0 fully saturated rings. The Balaban J connectivity index is 3.35. The summed E-state index contributed by atoms with van der Waals surface area (Å²) >= 11 is 0. The molecular formula is C3H8N2O2. The minimum absolute atomic E-state index is 0.0671. The molecule has 1 unspecified atom stereocenters. The largest absolute Gasteiger partial charge is 0.504 e. The fourth-order valence-corrected chi connectivity index (χ4v) is 0.153. The van der Waals surface area contributed by atoms with Gasteiger partial charge < -0.3 is 15.6 Å². The van der Waals surface area contributed by atoms with E-state index in [0.29, 0.717) is 0 Å². The number of carbonyl (C=O) groups excluding carboxylic acids is 1. The van der Waals surface area contributed by atoms with Crippen LogP contribution in [0.5, 0.6) is 0 Å². The Kier molecular flexibility index (Phi) is 2.32. The van der Waals surface area contributed by atoms with E-state index < -0.39 is 6.09 Å². The van der Waals surface area contributed by atoms with Gasteiger partial charge in [0.1, 0.15) is 0 Å². The Labute approximate surface area is 41.8 Å². The number of rotatable bonds is 0. The fourth-order valence-electron chi connectivity index (χ4n) is 0.153. The summed E-state index contributed by atoms with van der Waals surface area (Å²) in [5.41, 5.74) is 0. The monoisotopic (exact) mass is 104 g/mol. The zero-order chi connectivity index (χ0) is 5.86. The van der Waals surface area contributed by atoms with Gasteiger partial charge in [-0.25, -0.2) is 0 Å². The van der Waals surface area contributed by atoms with Crippen LogP contribution in [0.2, 0.25) is 0 Å². The van der Waals surface area contributed by atoms with Gasteiger partial charge in [-0.05, 0) is 0 Å². The maximum absolute atomic E-state index is 10.1. The third kappa shape index (κ3) is 2.13. The van der Waals surface area contributed by atoms with E-state index in [0.717, 1.165) is 0 Å². The number of nitrogens with one attached hydrogen (secondary N) is 2. The molecule has 4 nitrogen and oxygen atoms in total. The number of carbonyl (C=O) groups is 1. The molecule has 0 saturated carbocycles. The molecule has 0 aromatic rings. The van der Waals surface area contributed by atoms with Crippen LogP contribution in [-0.4, -0.2) is 20.3 Å². The minimum atomic E-state index is -0.569. The molecule has 0 aromatic carbocycles. The second-order valence-electron chi connectivity index (χ2n) is 1.12. The van der Waals surface area contributed by atoms with Crippen molar-refractivity contribution in [1.82, 2.24) is 0 Å². The maximum atomic E-state index is 10.1. The van der Waals surface area contributed by atoms with Crippen molar-refractivity contribution in [3.8, 4) is 0 Å². The van der Waals surface area contributed by atoms with Crippen LogP contribution >= 0.6 is 0 Å². The Morgan fingerprint density at radius 3 is 2.29 bits per heavy atom. The lowest BCUT2D eigenvalue weighted by atomic mass is 11.0. The number of methoxy groups -OCH3 is 1. The molecule has 42 valence electrons. The summed E-state index contributed by atoms with van der Waals surface area (Å²) in [4.78, 5) is 10.1. The quantitative estimate of drug-likeness (QED) is 0.410. The Morgan fingerprint density at radius 1 is 1.86 bits per heavy atom.